The van der Waals surface area contributed by atoms with Gasteiger partial charge in [-0.1, -0.05) is 12.1 Å². The SMILES string of the molecule is CC(OC(=O)C1CCCN(S(=O)(=O)c2ccc(F)cc2)C1)c1nc2ccccc2n1C(F)F. The Kier molecular flexibility index (Phi) is 6.44. The quantitative estimate of drug-likeness (QED) is 0.491. The second-order valence-electron chi connectivity index (χ2n) is 7.84. The number of esters is 1. The smallest absolute Gasteiger partial charge is 0.320 e. The summed E-state index contributed by atoms with van der Waals surface area (Å²) >= 11 is 0. The van der Waals surface area contributed by atoms with Crippen LogP contribution in [0.4, 0.5) is 13.2 Å². The number of nitrogens with zero attached hydrogens (tertiary/aromatic N) is 3. The van der Waals surface area contributed by atoms with Crippen LogP contribution in [-0.4, -0.2) is 41.3 Å². The maximum absolute atomic E-state index is 13.7. The van der Waals surface area contributed by atoms with E-state index in [4.69, 9.17) is 4.74 Å². The third-order valence-corrected chi connectivity index (χ3v) is 7.52. The molecule has 0 bridgehead atoms. The van der Waals surface area contributed by atoms with Crippen LogP contribution in [0.15, 0.2) is 53.4 Å². The first-order valence-corrected chi connectivity index (χ1v) is 11.8. The van der Waals surface area contributed by atoms with E-state index in [9.17, 15) is 26.4 Å². The van der Waals surface area contributed by atoms with E-state index in [1.54, 1.807) is 18.2 Å². The number of hydrogen-bond donors (Lipinski definition) is 0. The Hall–Kier alpha value is -2.92. The van der Waals surface area contributed by atoms with Crippen molar-refractivity contribution < 1.29 is 31.1 Å². The zero-order valence-corrected chi connectivity index (χ0v) is 18.5. The number of rotatable bonds is 6. The molecule has 2 aromatic carbocycles. The lowest BCUT2D eigenvalue weighted by atomic mass is 10.00. The van der Waals surface area contributed by atoms with Gasteiger partial charge in [-0.05, 0) is 56.2 Å². The standard InChI is InChI=1S/C22H22F3N3O4S/c1-14(20-26-18-6-2-3-7-19(18)28(20)22(24)25)32-21(29)15-5-4-12-27(13-15)33(30,31)17-10-8-16(23)9-11-17/h2-3,6-11,14-15,22H,4-5,12-13H2,1H3. The predicted octanol–water partition coefficient (Wildman–Crippen LogP) is 4.28. The predicted molar refractivity (Wildman–Crippen MR) is 113 cm³/mol. The summed E-state index contributed by atoms with van der Waals surface area (Å²) in [6.07, 6.45) is -0.251. The van der Waals surface area contributed by atoms with Crippen LogP contribution in [0.5, 0.6) is 0 Å². The number of para-hydroxylation sites is 2. The van der Waals surface area contributed by atoms with E-state index < -0.39 is 40.4 Å². The number of imidazole rings is 1. The lowest BCUT2D eigenvalue weighted by Gasteiger charge is -2.31. The van der Waals surface area contributed by atoms with Gasteiger partial charge in [0.15, 0.2) is 11.9 Å². The number of sulfonamides is 1. The van der Waals surface area contributed by atoms with E-state index in [1.807, 2.05) is 0 Å². The average Bonchev–Trinajstić information content (AvgIpc) is 3.19. The number of alkyl halides is 2. The van der Waals surface area contributed by atoms with Crippen molar-refractivity contribution in [3.8, 4) is 0 Å². The minimum absolute atomic E-state index is 0.0723. The Labute approximate surface area is 188 Å². The molecule has 1 saturated heterocycles. The van der Waals surface area contributed by atoms with Crippen LogP contribution in [0.25, 0.3) is 11.0 Å². The van der Waals surface area contributed by atoms with E-state index in [0.29, 0.717) is 18.4 Å². The molecule has 0 spiro atoms. The van der Waals surface area contributed by atoms with Gasteiger partial charge in [0.2, 0.25) is 10.0 Å². The summed E-state index contributed by atoms with van der Waals surface area (Å²) in [5.74, 6) is -2.10. The zero-order valence-electron chi connectivity index (χ0n) is 17.7. The van der Waals surface area contributed by atoms with Gasteiger partial charge in [0.25, 0.3) is 0 Å². The van der Waals surface area contributed by atoms with Crippen molar-refractivity contribution in [3.63, 3.8) is 0 Å². The molecular weight excluding hydrogens is 459 g/mol. The van der Waals surface area contributed by atoms with Crippen molar-refractivity contribution in [2.45, 2.75) is 37.3 Å². The summed E-state index contributed by atoms with van der Waals surface area (Å²) in [6, 6.07) is 10.8. The van der Waals surface area contributed by atoms with Crippen LogP contribution in [0.3, 0.4) is 0 Å². The molecule has 0 radical (unpaired) electrons. The first-order chi connectivity index (χ1) is 15.7. The van der Waals surface area contributed by atoms with Crippen LogP contribution in [0.1, 0.15) is 38.2 Å². The Bertz CT molecular complexity index is 1260. The molecule has 176 valence electrons. The third-order valence-electron chi connectivity index (χ3n) is 5.64. The molecule has 1 fully saturated rings. The molecule has 4 rings (SSSR count). The van der Waals surface area contributed by atoms with Crippen molar-refractivity contribution in [2.24, 2.45) is 5.92 Å². The maximum Gasteiger partial charge on any atom is 0.320 e. The highest BCUT2D eigenvalue weighted by atomic mass is 32.2. The summed E-state index contributed by atoms with van der Waals surface area (Å²) in [5, 5.41) is 0. The molecule has 3 aromatic rings. The van der Waals surface area contributed by atoms with Gasteiger partial charge < -0.3 is 4.74 Å². The summed E-state index contributed by atoms with van der Waals surface area (Å²) in [4.78, 5) is 16.9. The fraction of sp³-hybridized carbons (Fsp3) is 0.364. The summed E-state index contributed by atoms with van der Waals surface area (Å²) in [5.41, 5.74) is 0.574. The first-order valence-electron chi connectivity index (χ1n) is 10.4. The molecule has 1 aliphatic heterocycles. The van der Waals surface area contributed by atoms with Gasteiger partial charge in [-0.2, -0.15) is 13.1 Å². The van der Waals surface area contributed by atoms with Gasteiger partial charge in [-0.15, -0.1) is 0 Å². The molecule has 0 amide bonds. The van der Waals surface area contributed by atoms with Crippen LogP contribution in [0, 0.1) is 11.7 Å². The molecule has 1 aliphatic rings. The van der Waals surface area contributed by atoms with Crippen molar-refractivity contribution in [1.82, 2.24) is 13.9 Å². The average molecular weight is 481 g/mol. The molecule has 33 heavy (non-hydrogen) atoms. The number of aromatic nitrogens is 2. The van der Waals surface area contributed by atoms with Gasteiger partial charge in [-0.25, -0.2) is 17.8 Å². The van der Waals surface area contributed by atoms with Gasteiger partial charge in [0.1, 0.15) is 5.82 Å². The largest absolute Gasteiger partial charge is 0.454 e. The number of piperidine rings is 1. The molecule has 7 nitrogen and oxygen atoms in total. The third kappa shape index (κ3) is 4.60. The lowest BCUT2D eigenvalue weighted by molar-refractivity contribution is -0.155. The Morgan fingerprint density at radius 1 is 1.15 bits per heavy atom. The fourth-order valence-corrected chi connectivity index (χ4v) is 5.51. The van der Waals surface area contributed by atoms with Crippen molar-refractivity contribution in [1.29, 1.82) is 0 Å². The molecule has 11 heteroatoms. The number of carbonyl (C=O) groups excluding carboxylic acids is 1. The van der Waals surface area contributed by atoms with E-state index >= 15 is 0 Å². The molecule has 2 heterocycles. The van der Waals surface area contributed by atoms with Crippen LogP contribution < -0.4 is 0 Å². The molecular formula is C22H22F3N3O4S. The first kappa shape index (κ1) is 23.2. The van der Waals surface area contributed by atoms with Crippen LogP contribution >= 0.6 is 0 Å². The molecule has 2 unspecified atom stereocenters. The molecule has 0 aliphatic carbocycles. The van der Waals surface area contributed by atoms with E-state index in [2.05, 4.69) is 4.98 Å². The number of carbonyl (C=O) groups is 1. The zero-order chi connectivity index (χ0) is 23.8. The topological polar surface area (TPSA) is 81.5 Å². The second kappa shape index (κ2) is 9.14. The Balaban J connectivity index is 1.50. The monoisotopic (exact) mass is 481 g/mol. The normalized spacial score (nSPS) is 18.5. The fourth-order valence-electron chi connectivity index (χ4n) is 3.99. The van der Waals surface area contributed by atoms with Gasteiger partial charge >= 0.3 is 12.5 Å². The molecule has 0 saturated carbocycles. The highest BCUT2D eigenvalue weighted by molar-refractivity contribution is 7.89. The number of halogens is 3. The van der Waals surface area contributed by atoms with Crippen molar-refractivity contribution in [2.75, 3.05) is 13.1 Å². The van der Waals surface area contributed by atoms with Crippen molar-refractivity contribution >= 4 is 27.0 Å². The highest BCUT2D eigenvalue weighted by Crippen LogP contribution is 2.30. The van der Waals surface area contributed by atoms with Crippen LogP contribution in [0.2, 0.25) is 0 Å². The number of ether oxygens (including phenoxy) is 1. The van der Waals surface area contributed by atoms with Crippen LogP contribution in [-0.2, 0) is 19.6 Å². The molecule has 2 atom stereocenters. The Morgan fingerprint density at radius 2 is 1.85 bits per heavy atom. The molecule has 0 N–H and O–H groups in total. The lowest BCUT2D eigenvalue weighted by Crippen LogP contribution is -2.42. The van der Waals surface area contributed by atoms with Gasteiger partial charge in [-0.3, -0.25) is 9.36 Å². The van der Waals surface area contributed by atoms with Gasteiger partial charge in [0.05, 0.1) is 21.8 Å². The minimum Gasteiger partial charge on any atom is -0.454 e. The van der Waals surface area contributed by atoms with E-state index in [0.717, 1.165) is 21.0 Å². The summed E-state index contributed by atoms with van der Waals surface area (Å²) < 4.78 is 73.7. The van der Waals surface area contributed by atoms with E-state index in [-0.39, 0.29) is 29.3 Å². The maximum atomic E-state index is 13.7. The second-order valence-corrected chi connectivity index (χ2v) is 9.78. The summed E-state index contributed by atoms with van der Waals surface area (Å²) in [7, 11) is -3.92. The van der Waals surface area contributed by atoms with E-state index in [1.165, 1.54) is 25.1 Å². The number of benzene rings is 2. The van der Waals surface area contributed by atoms with Crippen molar-refractivity contribution in [3.05, 3.63) is 60.2 Å². The number of fused-ring (bicyclic) bond motifs is 1. The Morgan fingerprint density at radius 3 is 2.55 bits per heavy atom. The summed E-state index contributed by atoms with van der Waals surface area (Å²) in [6.45, 7) is -1.33. The van der Waals surface area contributed by atoms with Gasteiger partial charge in [0, 0.05) is 13.1 Å². The highest BCUT2D eigenvalue weighted by Gasteiger charge is 2.35. The minimum atomic E-state index is -3.92. The number of hydrogen-bond acceptors (Lipinski definition) is 5. The molecule has 1 aromatic heterocycles.